The van der Waals surface area contributed by atoms with E-state index in [2.05, 4.69) is 10.2 Å². The van der Waals surface area contributed by atoms with Gasteiger partial charge in [0.2, 0.25) is 5.89 Å². The molecule has 5 nitrogen and oxygen atoms in total. The second kappa shape index (κ2) is 8.58. The van der Waals surface area contributed by atoms with Gasteiger partial charge in [0.25, 0.3) is 5.22 Å². The van der Waals surface area contributed by atoms with Crippen LogP contribution in [-0.2, 0) is 6.42 Å². The lowest BCUT2D eigenvalue weighted by molar-refractivity contribution is 0.340. The van der Waals surface area contributed by atoms with Crippen LogP contribution in [0.4, 0.5) is 0 Å². The standard InChI is InChI=1S/C19H20N2O3S/c1-14-5-3-4-6-17(14)23-11-12-25-19-21-20-18(24-19)13-15-7-9-16(22-2)10-8-15/h3-10H,11-13H2,1-2H3. The molecule has 1 heterocycles. The van der Waals surface area contributed by atoms with Gasteiger partial charge in [-0.15, -0.1) is 10.2 Å². The molecule has 0 fully saturated rings. The first-order chi connectivity index (χ1) is 12.2. The number of para-hydroxylation sites is 1. The van der Waals surface area contributed by atoms with E-state index in [1.54, 1.807) is 7.11 Å². The van der Waals surface area contributed by atoms with Crippen LogP contribution in [0.15, 0.2) is 58.2 Å². The van der Waals surface area contributed by atoms with E-state index in [-0.39, 0.29) is 0 Å². The van der Waals surface area contributed by atoms with Crippen molar-refractivity contribution in [3.05, 3.63) is 65.5 Å². The first kappa shape index (κ1) is 17.4. The fourth-order valence-corrected chi connectivity index (χ4v) is 2.88. The number of aromatic nitrogens is 2. The molecule has 3 rings (SSSR count). The Morgan fingerprint density at radius 1 is 1.04 bits per heavy atom. The Morgan fingerprint density at radius 3 is 2.60 bits per heavy atom. The highest BCUT2D eigenvalue weighted by Crippen LogP contribution is 2.20. The lowest BCUT2D eigenvalue weighted by Crippen LogP contribution is -2.01. The molecule has 130 valence electrons. The lowest BCUT2D eigenvalue weighted by Gasteiger charge is -2.07. The number of hydrogen-bond acceptors (Lipinski definition) is 6. The molecule has 0 atom stereocenters. The summed E-state index contributed by atoms with van der Waals surface area (Å²) in [5.41, 5.74) is 2.23. The van der Waals surface area contributed by atoms with Crippen LogP contribution in [0.1, 0.15) is 17.0 Å². The molecule has 0 saturated heterocycles. The summed E-state index contributed by atoms with van der Waals surface area (Å²) in [6.07, 6.45) is 0.608. The van der Waals surface area contributed by atoms with Gasteiger partial charge in [-0.2, -0.15) is 0 Å². The first-order valence-corrected chi connectivity index (χ1v) is 8.99. The van der Waals surface area contributed by atoms with Crippen LogP contribution in [0.3, 0.4) is 0 Å². The zero-order valence-electron chi connectivity index (χ0n) is 14.3. The zero-order chi connectivity index (χ0) is 17.5. The number of hydrogen-bond donors (Lipinski definition) is 0. The minimum absolute atomic E-state index is 0.567. The number of rotatable bonds is 8. The summed E-state index contributed by atoms with van der Waals surface area (Å²) in [5.74, 6) is 3.10. The van der Waals surface area contributed by atoms with Gasteiger partial charge in [0.1, 0.15) is 11.5 Å². The summed E-state index contributed by atoms with van der Waals surface area (Å²) >= 11 is 1.50. The topological polar surface area (TPSA) is 57.4 Å². The molecule has 0 N–H and O–H groups in total. The van der Waals surface area contributed by atoms with Gasteiger partial charge in [0.05, 0.1) is 20.1 Å². The van der Waals surface area contributed by atoms with Crippen molar-refractivity contribution in [2.75, 3.05) is 19.5 Å². The third kappa shape index (κ3) is 5.00. The molecule has 0 aliphatic rings. The highest BCUT2D eigenvalue weighted by atomic mass is 32.2. The average molecular weight is 356 g/mol. The molecule has 0 aliphatic carbocycles. The molecular formula is C19H20N2O3S. The fourth-order valence-electron chi connectivity index (χ4n) is 2.28. The predicted molar refractivity (Wildman–Crippen MR) is 97.5 cm³/mol. The quantitative estimate of drug-likeness (QED) is 0.446. The summed E-state index contributed by atoms with van der Waals surface area (Å²) in [5, 5.41) is 8.74. The molecular weight excluding hydrogens is 336 g/mol. The van der Waals surface area contributed by atoms with E-state index in [9.17, 15) is 0 Å². The Bertz CT molecular complexity index is 802. The van der Waals surface area contributed by atoms with Crippen LogP contribution < -0.4 is 9.47 Å². The second-order valence-corrected chi connectivity index (χ2v) is 6.50. The Balaban J connectivity index is 1.46. The maximum absolute atomic E-state index is 5.76. The summed E-state index contributed by atoms with van der Waals surface area (Å²) in [7, 11) is 1.65. The maximum atomic E-state index is 5.76. The summed E-state index contributed by atoms with van der Waals surface area (Å²) in [4.78, 5) is 0. The van der Waals surface area contributed by atoms with Gasteiger partial charge in [-0.05, 0) is 36.2 Å². The minimum Gasteiger partial charge on any atom is -0.497 e. The number of benzene rings is 2. The number of ether oxygens (including phenoxy) is 2. The molecule has 6 heteroatoms. The summed E-state index contributed by atoms with van der Waals surface area (Å²) in [6, 6.07) is 15.8. The lowest BCUT2D eigenvalue weighted by atomic mass is 10.1. The number of thioether (sulfide) groups is 1. The van der Waals surface area contributed by atoms with Crippen LogP contribution in [0, 0.1) is 6.92 Å². The van der Waals surface area contributed by atoms with Crippen molar-refractivity contribution in [1.82, 2.24) is 10.2 Å². The first-order valence-electron chi connectivity index (χ1n) is 8.01. The van der Waals surface area contributed by atoms with Crippen LogP contribution in [0.25, 0.3) is 0 Å². The van der Waals surface area contributed by atoms with Crippen molar-refractivity contribution in [3.63, 3.8) is 0 Å². The molecule has 0 bridgehead atoms. The van der Waals surface area contributed by atoms with E-state index in [1.807, 2.05) is 55.5 Å². The Labute approximate surface area is 151 Å². The van der Waals surface area contributed by atoms with Crippen LogP contribution in [0.5, 0.6) is 11.5 Å². The maximum Gasteiger partial charge on any atom is 0.276 e. The van der Waals surface area contributed by atoms with E-state index in [0.717, 1.165) is 28.4 Å². The highest BCUT2D eigenvalue weighted by molar-refractivity contribution is 7.99. The van der Waals surface area contributed by atoms with Crippen molar-refractivity contribution in [3.8, 4) is 11.5 Å². The Kier molecular flexibility index (Phi) is 5.95. The molecule has 3 aromatic rings. The molecule has 25 heavy (non-hydrogen) atoms. The van der Waals surface area contributed by atoms with Gasteiger partial charge >= 0.3 is 0 Å². The van der Waals surface area contributed by atoms with Crippen molar-refractivity contribution in [2.24, 2.45) is 0 Å². The third-order valence-electron chi connectivity index (χ3n) is 3.62. The molecule has 1 aromatic heterocycles. The summed E-state index contributed by atoms with van der Waals surface area (Å²) < 4.78 is 16.6. The Morgan fingerprint density at radius 2 is 1.84 bits per heavy atom. The molecule has 2 aromatic carbocycles. The van der Waals surface area contributed by atoms with E-state index >= 15 is 0 Å². The van der Waals surface area contributed by atoms with Gasteiger partial charge in [-0.1, -0.05) is 42.1 Å². The average Bonchev–Trinajstić information content (AvgIpc) is 3.08. The largest absolute Gasteiger partial charge is 0.497 e. The third-order valence-corrected chi connectivity index (χ3v) is 4.41. The van der Waals surface area contributed by atoms with Gasteiger partial charge < -0.3 is 13.9 Å². The van der Waals surface area contributed by atoms with Crippen LogP contribution in [-0.4, -0.2) is 29.7 Å². The number of aryl methyl sites for hydroxylation is 1. The molecule has 0 spiro atoms. The van der Waals surface area contributed by atoms with E-state index in [1.165, 1.54) is 11.8 Å². The van der Waals surface area contributed by atoms with E-state index < -0.39 is 0 Å². The molecule has 0 aliphatic heterocycles. The van der Waals surface area contributed by atoms with Crippen molar-refractivity contribution >= 4 is 11.8 Å². The molecule has 0 radical (unpaired) electrons. The molecule has 0 saturated carbocycles. The fraction of sp³-hybridized carbons (Fsp3) is 0.263. The molecule has 0 amide bonds. The monoisotopic (exact) mass is 356 g/mol. The zero-order valence-corrected chi connectivity index (χ0v) is 15.1. The minimum atomic E-state index is 0.567. The van der Waals surface area contributed by atoms with Crippen molar-refractivity contribution < 1.29 is 13.9 Å². The predicted octanol–water partition coefficient (Wildman–Crippen LogP) is 4.15. The second-order valence-electron chi connectivity index (χ2n) is 5.45. The normalized spacial score (nSPS) is 10.6. The van der Waals surface area contributed by atoms with E-state index in [4.69, 9.17) is 13.9 Å². The highest BCUT2D eigenvalue weighted by Gasteiger charge is 2.08. The number of nitrogens with zero attached hydrogens (tertiary/aromatic N) is 2. The van der Waals surface area contributed by atoms with Crippen molar-refractivity contribution in [1.29, 1.82) is 0 Å². The smallest absolute Gasteiger partial charge is 0.276 e. The summed E-state index contributed by atoms with van der Waals surface area (Å²) in [6.45, 7) is 2.62. The molecule has 0 unspecified atom stereocenters. The van der Waals surface area contributed by atoms with Gasteiger partial charge in [-0.25, -0.2) is 0 Å². The number of methoxy groups -OCH3 is 1. The van der Waals surface area contributed by atoms with Crippen molar-refractivity contribution in [2.45, 2.75) is 18.6 Å². The van der Waals surface area contributed by atoms with Crippen LogP contribution >= 0.6 is 11.8 Å². The van der Waals surface area contributed by atoms with Gasteiger partial charge in [0.15, 0.2) is 0 Å². The SMILES string of the molecule is COc1ccc(Cc2nnc(SCCOc3ccccc3C)o2)cc1. The van der Waals surface area contributed by atoms with E-state index in [0.29, 0.717) is 24.1 Å². The Hall–Kier alpha value is -2.47. The van der Waals surface area contributed by atoms with Gasteiger partial charge in [-0.3, -0.25) is 0 Å². The van der Waals surface area contributed by atoms with Crippen LogP contribution in [0.2, 0.25) is 0 Å². The van der Waals surface area contributed by atoms with Gasteiger partial charge in [0, 0.05) is 5.75 Å².